The van der Waals surface area contributed by atoms with Gasteiger partial charge < -0.3 is 4.74 Å². The third-order valence-electron chi connectivity index (χ3n) is 2.09. The Bertz CT molecular complexity index is 477. The maximum atomic E-state index is 5.51. The van der Waals surface area contributed by atoms with Crippen molar-refractivity contribution >= 4 is 22.0 Å². The largest absolute Gasteiger partial charge is 0.464 e. The smallest absolute Gasteiger partial charge is 0.140 e. The number of halogens is 1. The molecule has 0 aliphatic heterocycles. The van der Waals surface area contributed by atoms with Crippen LogP contribution in [0.3, 0.4) is 0 Å². The zero-order valence-electron chi connectivity index (χ0n) is 8.64. The van der Waals surface area contributed by atoms with Gasteiger partial charge in [-0.05, 0) is 39.7 Å². The summed E-state index contributed by atoms with van der Waals surface area (Å²) in [6.45, 7) is 0. The Hall–Kier alpha value is -1.54. The van der Waals surface area contributed by atoms with Crippen molar-refractivity contribution in [1.82, 2.24) is 0 Å². The SMILES string of the molecule is Brc1ccccc1OC=Cc1ccccc1. The minimum atomic E-state index is 0.815. The van der Waals surface area contributed by atoms with Crippen molar-refractivity contribution in [3.8, 4) is 5.75 Å². The molecule has 0 bridgehead atoms. The predicted octanol–water partition coefficient (Wildman–Crippen LogP) is 4.50. The van der Waals surface area contributed by atoms with Gasteiger partial charge in [-0.25, -0.2) is 0 Å². The number of benzene rings is 2. The molecule has 0 unspecified atom stereocenters. The average Bonchev–Trinajstić information content (AvgIpc) is 2.33. The first-order valence-corrected chi connectivity index (χ1v) is 5.78. The van der Waals surface area contributed by atoms with Crippen molar-refractivity contribution in [1.29, 1.82) is 0 Å². The number of para-hydroxylation sites is 1. The number of ether oxygens (including phenoxy) is 1. The summed E-state index contributed by atoms with van der Waals surface area (Å²) in [6.07, 6.45) is 3.62. The van der Waals surface area contributed by atoms with Crippen LogP contribution in [0.2, 0.25) is 0 Å². The minimum Gasteiger partial charge on any atom is -0.464 e. The van der Waals surface area contributed by atoms with Crippen molar-refractivity contribution < 1.29 is 4.74 Å². The van der Waals surface area contributed by atoms with E-state index in [9.17, 15) is 0 Å². The van der Waals surface area contributed by atoms with Crippen LogP contribution in [0.25, 0.3) is 6.08 Å². The molecule has 2 aromatic carbocycles. The molecule has 0 saturated heterocycles. The van der Waals surface area contributed by atoms with E-state index in [2.05, 4.69) is 15.9 Å². The fourth-order valence-electron chi connectivity index (χ4n) is 1.29. The van der Waals surface area contributed by atoms with Gasteiger partial charge in [-0.3, -0.25) is 0 Å². The van der Waals surface area contributed by atoms with Crippen LogP contribution >= 0.6 is 15.9 Å². The Balaban J connectivity index is 2.03. The second kappa shape index (κ2) is 5.52. The highest BCUT2D eigenvalue weighted by Crippen LogP contribution is 2.24. The summed E-state index contributed by atoms with van der Waals surface area (Å²) < 4.78 is 6.46. The van der Waals surface area contributed by atoms with Crippen LogP contribution in [-0.4, -0.2) is 0 Å². The van der Waals surface area contributed by atoms with Crippen molar-refractivity contribution in [3.63, 3.8) is 0 Å². The van der Waals surface area contributed by atoms with Crippen LogP contribution < -0.4 is 4.74 Å². The van der Waals surface area contributed by atoms with E-state index in [0.29, 0.717) is 0 Å². The summed E-state index contributed by atoms with van der Waals surface area (Å²) >= 11 is 3.42. The fourth-order valence-corrected chi connectivity index (χ4v) is 1.67. The van der Waals surface area contributed by atoms with E-state index in [1.165, 1.54) is 0 Å². The van der Waals surface area contributed by atoms with E-state index >= 15 is 0 Å². The molecule has 0 aliphatic carbocycles. The summed E-state index contributed by atoms with van der Waals surface area (Å²) in [5, 5.41) is 0. The standard InChI is InChI=1S/C14H11BrO/c15-13-8-4-5-9-14(13)16-11-10-12-6-2-1-3-7-12/h1-11H. The summed E-state index contributed by atoms with van der Waals surface area (Å²) in [5.41, 5.74) is 1.12. The number of hydrogen-bond donors (Lipinski definition) is 0. The molecular formula is C14H11BrO. The van der Waals surface area contributed by atoms with Crippen LogP contribution in [0.4, 0.5) is 0 Å². The van der Waals surface area contributed by atoms with Gasteiger partial charge in [0.05, 0.1) is 10.7 Å². The highest BCUT2D eigenvalue weighted by Gasteiger charge is 1.95. The van der Waals surface area contributed by atoms with Crippen LogP contribution in [-0.2, 0) is 0 Å². The van der Waals surface area contributed by atoms with Gasteiger partial charge in [0.1, 0.15) is 5.75 Å². The summed E-state index contributed by atoms with van der Waals surface area (Å²) in [6, 6.07) is 17.8. The molecule has 2 aromatic rings. The van der Waals surface area contributed by atoms with E-state index in [4.69, 9.17) is 4.74 Å². The van der Waals surface area contributed by atoms with Crippen molar-refractivity contribution in [3.05, 3.63) is 70.9 Å². The fraction of sp³-hybridized carbons (Fsp3) is 0. The summed E-state index contributed by atoms with van der Waals surface area (Å²) in [4.78, 5) is 0. The Morgan fingerprint density at radius 1 is 0.875 bits per heavy atom. The van der Waals surface area contributed by atoms with E-state index in [1.54, 1.807) is 6.26 Å². The van der Waals surface area contributed by atoms with E-state index < -0.39 is 0 Å². The predicted molar refractivity (Wildman–Crippen MR) is 70.2 cm³/mol. The van der Waals surface area contributed by atoms with Crippen molar-refractivity contribution in [2.75, 3.05) is 0 Å². The average molecular weight is 275 g/mol. The molecule has 1 nitrogen and oxygen atoms in total. The molecule has 0 amide bonds. The molecule has 0 N–H and O–H groups in total. The molecule has 2 rings (SSSR count). The molecule has 80 valence electrons. The summed E-state index contributed by atoms with van der Waals surface area (Å²) in [5.74, 6) is 0.815. The monoisotopic (exact) mass is 274 g/mol. The topological polar surface area (TPSA) is 9.23 Å². The lowest BCUT2D eigenvalue weighted by Crippen LogP contribution is -1.82. The first-order chi connectivity index (χ1) is 7.86. The lowest BCUT2D eigenvalue weighted by atomic mass is 10.2. The van der Waals surface area contributed by atoms with Crippen LogP contribution in [0.1, 0.15) is 5.56 Å². The van der Waals surface area contributed by atoms with Gasteiger partial charge in [-0.1, -0.05) is 42.5 Å². The second-order valence-corrected chi connectivity index (χ2v) is 4.12. The summed E-state index contributed by atoms with van der Waals surface area (Å²) in [7, 11) is 0. The van der Waals surface area contributed by atoms with Crippen molar-refractivity contribution in [2.24, 2.45) is 0 Å². The molecule has 0 spiro atoms. The molecule has 16 heavy (non-hydrogen) atoms. The zero-order valence-corrected chi connectivity index (χ0v) is 10.2. The quantitative estimate of drug-likeness (QED) is 0.749. The number of rotatable bonds is 3. The Labute approximate surface area is 104 Å². The Morgan fingerprint density at radius 2 is 1.56 bits per heavy atom. The molecule has 2 heteroatoms. The lowest BCUT2D eigenvalue weighted by Gasteiger charge is -2.01. The first-order valence-electron chi connectivity index (χ1n) is 4.99. The number of hydrogen-bond acceptors (Lipinski definition) is 1. The normalized spacial score (nSPS) is 10.6. The molecule has 0 aliphatic rings. The van der Waals surface area contributed by atoms with Gasteiger partial charge in [-0.2, -0.15) is 0 Å². The molecular weight excluding hydrogens is 264 g/mol. The van der Waals surface area contributed by atoms with Gasteiger partial charge in [0.15, 0.2) is 0 Å². The van der Waals surface area contributed by atoms with E-state index in [1.807, 2.05) is 60.7 Å². The lowest BCUT2D eigenvalue weighted by molar-refractivity contribution is 0.482. The van der Waals surface area contributed by atoms with E-state index in [0.717, 1.165) is 15.8 Å². The van der Waals surface area contributed by atoms with E-state index in [-0.39, 0.29) is 0 Å². The molecule has 0 radical (unpaired) electrons. The Morgan fingerprint density at radius 3 is 2.31 bits per heavy atom. The van der Waals surface area contributed by atoms with Crippen LogP contribution in [0.5, 0.6) is 5.75 Å². The minimum absolute atomic E-state index is 0.815. The molecule has 0 saturated carbocycles. The third-order valence-corrected chi connectivity index (χ3v) is 2.75. The third kappa shape index (κ3) is 2.97. The highest BCUT2D eigenvalue weighted by molar-refractivity contribution is 9.10. The molecule has 0 atom stereocenters. The highest BCUT2D eigenvalue weighted by atomic mass is 79.9. The second-order valence-electron chi connectivity index (χ2n) is 3.26. The van der Waals surface area contributed by atoms with Gasteiger partial charge in [-0.15, -0.1) is 0 Å². The van der Waals surface area contributed by atoms with Gasteiger partial charge in [0.25, 0.3) is 0 Å². The van der Waals surface area contributed by atoms with Crippen LogP contribution in [0.15, 0.2) is 65.3 Å². The van der Waals surface area contributed by atoms with Gasteiger partial charge >= 0.3 is 0 Å². The van der Waals surface area contributed by atoms with Crippen molar-refractivity contribution in [2.45, 2.75) is 0 Å². The first kappa shape index (κ1) is 11.0. The maximum Gasteiger partial charge on any atom is 0.140 e. The Kier molecular flexibility index (Phi) is 3.78. The zero-order chi connectivity index (χ0) is 11.2. The molecule has 0 heterocycles. The van der Waals surface area contributed by atoms with Gasteiger partial charge in [0, 0.05) is 0 Å². The van der Waals surface area contributed by atoms with Crippen LogP contribution in [0, 0.1) is 0 Å². The molecule has 0 aromatic heterocycles. The maximum absolute atomic E-state index is 5.51. The van der Waals surface area contributed by atoms with Gasteiger partial charge in [0.2, 0.25) is 0 Å². The molecule has 0 fully saturated rings.